The number of rotatable bonds is 10. The molecule has 0 amide bonds. The van der Waals surface area contributed by atoms with Gasteiger partial charge in [0.25, 0.3) is 0 Å². The van der Waals surface area contributed by atoms with Crippen molar-refractivity contribution in [2.24, 2.45) is 0 Å². The fraction of sp³-hybridized carbons (Fsp3) is 1.00. The summed E-state index contributed by atoms with van der Waals surface area (Å²) >= 11 is 0. The fourth-order valence-electron chi connectivity index (χ4n) is 1.48. The molecule has 0 saturated carbocycles. The third kappa shape index (κ3) is 8.48. The van der Waals surface area contributed by atoms with Crippen LogP contribution in [0, 0.1) is 0 Å². The van der Waals surface area contributed by atoms with Gasteiger partial charge in [0, 0.05) is 27.4 Å². The minimum absolute atomic E-state index is 0.292. The van der Waals surface area contributed by atoms with Gasteiger partial charge in [0.05, 0.1) is 6.10 Å². The number of ether oxygens (including phenoxy) is 2. The van der Waals surface area contributed by atoms with Crippen molar-refractivity contribution < 1.29 is 14.6 Å². The average Bonchev–Trinajstić information content (AvgIpc) is 2.22. The molecule has 0 saturated heterocycles. The molecule has 0 aromatic rings. The Morgan fingerprint density at radius 1 is 1.00 bits per heavy atom. The molecule has 0 fully saturated rings. The van der Waals surface area contributed by atoms with Crippen molar-refractivity contribution in [2.75, 3.05) is 27.4 Å². The summed E-state index contributed by atoms with van der Waals surface area (Å²) in [4.78, 5) is 0. The van der Waals surface area contributed by atoms with E-state index < -0.39 is 0 Å². The maximum Gasteiger partial charge on any atom is 0.0571 e. The Morgan fingerprint density at radius 3 is 2.14 bits per heavy atom. The standard InChI is InChI=1S/C11H24O3/c1-13-10-6-4-8-11(14-2)7-3-5-9-12/h11-12H,3-10H2,1-2H3. The van der Waals surface area contributed by atoms with Gasteiger partial charge in [0.2, 0.25) is 0 Å². The molecule has 14 heavy (non-hydrogen) atoms. The van der Waals surface area contributed by atoms with Crippen molar-refractivity contribution in [3.63, 3.8) is 0 Å². The van der Waals surface area contributed by atoms with Crippen molar-refractivity contribution >= 4 is 0 Å². The van der Waals surface area contributed by atoms with Crippen LogP contribution in [0.4, 0.5) is 0 Å². The van der Waals surface area contributed by atoms with Gasteiger partial charge in [-0.25, -0.2) is 0 Å². The number of aliphatic hydroxyl groups excluding tert-OH is 1. The summed E-state index contributed by atoms with van der Waals surface area (Å²) in [6.07, 6.45) is 6.73. The van der Waals surface area contributed by atoms with Crippen molar-refractivity contribution in [2.45, 2.75) is 44.6 Å². The van der Waals surface area contributed by atoms with Gasteiger partial charge >= 0.3 is 0 Å². The van der Waals surface area contributed by atoms with E-state index in [1.54, 1.807) is 14.2 Å². The van der Waals surface area contributed by atoms with E-state index >= 15 is 0 Å². The minimum atomic E-state index is 0.292. The monoisotopic (exact) mass is 204 g/mol. The highest BCUT2D eigenvalue weighted by Crippen LogP contribution is 2.11. The first-order valence-corrected chi connectivity index (χ1v) is 5.47. The molecule has 0 spiro atoms. The van der Waals surface area contributed by atoms with Crippen molar-refractivity contribution in [1.29, 1.82) is 0 Å². The molecule has 0 aliphatic carbocycles. The fourth-order valence-corrected chi connectivity index (χ4v) is 1.48. The Labute approximate surface area is 87.4 Å². The Bertz CT molecular complexity index is 107. The molecule has 0 radical (unpaired) electrons. The van der Waals surface area contributed by atoms with E-state index in [0.717, 1.165) is 45.1 Å². The number of hydrogen-bond acceptors (Lipinski definition) is 3. The van der Waals surface area contributed by atoms with Gasteiger partial charge in [-0.05, 0) is 38.5 Å². The lowest BCUT2D eigenvalue weighted by molar-refractivity contribution is 0.0795. The van der Waals surface area contributed by atoms with Crippen molar-refractivity contribution in [1.82, 2.24) is 0 Å². The molecule has 0 aromatic carbocycles. The van der Waals surface area contributed by atoms with E-state index in [9.17, 15) is 0 Å². The van der Waals surface area contributed by atoms with Gasteiger partial charge in [-0.3, -0.25) is 0 Å². The SMILES string of the molecule is COCCCCC(CCCCO)OC. The third-order valence-electron chi connectivity index (χ3n) is 2.39. The summed E-state index contributed by atoms with van der Waals surface area (Å²) in [7, 11) is 3.50. The number of aliphatic hydroxyl groups is 1. The second-order valence-corrected chi connectivity index (χ2v) is 3.57. The topological polar surface area (TPSA) is 38.7 Å². The van der Waals surface area contributed by atoms with Crippen LogP contribution < -0.4 is 0 Å². The Balaban J connectivity index is 3.28. The highest BCUT2D eigenvalue weighted by Gasteiger charge is 2.05. The minimum Gasteiger partial charge on any atom is -0.396 e. The summed E-state index contributed by atoms with van der Waals surface area (Å²) in [5.41, 5.74) is 0. The lowest BCUT2D eigenvalue weighted by atomic mass is 10.1. The van der Waals surface area contributed by atoms with Crippen LogP contribution in [-0.2, 0) is 9.47 Å². The van der Waals surface area contributed by atoms with Gasteiger partial charge in [-0.2, -0.15) is 0 Å². The summed E-state index contributed by atoms with van der Waals surface area (Å²) in [6.45, 7) is 1.13. The first-order chi connectivity index (χ1) is 6.85. The molecule has 1 unspecified atom stereocenters. The van der Waals surface area contributed by atoms with Crippen LogP contribution in [0.1, 0.15) is 38.5 Å². The molecule has 0 aliphatic heterocycles. The van der Waals surface area contributed by atoms with E-state index in [2.05, 4.69) is 0 Å². The Hall–Kier alpha value is -0.120. The Morgan fingerprint density at radius 2 is 1.64 bits per heavy atom. The maximum atomic E-state index is 8.64. The molecule has 1 atom stereocenters. The van der Waals surface area contributed by atoms with Crippen LogP contribution >= 0.6 is 0 Å². The quantitative estimate of drug-likeness (QED) is 0.553. The van der Waals surface area contributed by atoms with Crippen LogP contribution in [0.3, 0.4) is 0 Å². The molecule has 0 aromatic heterocycles. The van der Waals surface area contributed by atoms with Gasteiger partial charge in [0.1, 0.15) is 0 Å². The normalized spacial score (nSPS) is 13.1. The highest BCUT2D eigenvalue weighted by molar-refractivity contribution is 4.58. The van der Waals surface area contributed by atoms with E-state index in [4.69, 9.17) is 14.6 Å². The zero-order valence-corrected chi connectivity index (χ0v) is 9.50. The van der Waals surface area contributed by atoms with E-state index in [1.165, 1.54) is 0 Å². The van der Waals surface area contributed by atoms with E-state index in [-0.39, 0.29) is 0 Å². The van der Waals surface area contributed by atoms with Crippen molar-refractivity contribution in [3.05, 3.63) is 0 Å². The molecular weight excluding hydrogens is 180 g/mol. The molecule has 3 nitrogen and oxygen atoms in total. The smallest absolute Gasteiger partial charge is 0.0571 e. The second-order valence-electron chi connectivity index (χ2n) is 3.57. The van der Waals surface area contributed by atoms with Crippen LogP contribution in [0.5, 0.6) is 0 Å². The second kappa shape index (κ2) is 11.0. The van der Waals surface area contributed by atoms with Crippen LogP contribution in [0.25, 0.3) is 0 Å². The summed E-state index contributed by atoms with van der Waals surface area (Å²) in [5, 5.41) is 8.64. The zero-order chi connectivity index (χ0) is 10.6. The first kappa shape index (κ1) is 13.9. The molecule has 86 valence electrons. The molecule has 0 aliphatic rings. The third-order valence-corrected chi connectivity index (χ3v) is 2.39. The molecular formula is C11H24O3. The van der Waals surface area contributed by atoms with E-state index in [1.807, 2.05) is 0 Å². The van der Waals surface area contributed by atoms with Crippen LogP contribution in [0.15, 0.2) is 0 Å². The number of unbranched alkanes of at least 4 members (excludes halogenated alkanes) is 2. The summed E-state index contributed by atoms with van der Waals surface area (Å²) in [6, 6.07) is 0. The highest BCUT2D eigenvalue weighted by atomic mass is 16.5. The molecule has 0 rings (SSSR count). The van der Waals surface area contributed by atoms with Gasteiger partial charge in [0.15, 0.2) is 0 Å². The zero-order valence-electron chi connectivity index (χ0n) is 9.50. The molecule has 1 N–H and O–H groups in total. The lowest BCUT2D eigenvalue weighted by Gasteiger charge is -2.14. The van der Waals surface area contributed by atoms with Gasteiger partial charge in [-0.1, -0.05) is 0 Å². The predicted octanol–water partition coefficient (Wildman–Crippen LogP) is 1.98. The molecule has 3 heteroatoms. The largest absolute Gasteiger partial charge is 0.396 e. The van der Waals surface area contributed by atoms with Crippen molar-refractivity contribution in [3.8, 4) is 0 Å². The summed E-state index contributed by atoms with van der Waals surface area (Å²) in [5.74, 6) is 0. The van der Waals surface area contributed by atoms with Gasteiger partial charge in [-0.15, -0.1) is 0 Å². The number of hydrogen-bond donors (Lipinski definition) is 1. The van der Waals surface area contributed by atoms with Gasteiger partial charge < -0.3 is 14.6 Å². The average molecular weight is 204 g/mol. The first-order valence-electron chi connectivity index (χ1n) is 5.47. The molecule has 0 heterocycles. The van der Waals surface area contributed by atoms with Crippen LogP contribution in [-0.4, -0.2) is 38.6 Å². The summed E-state index contributed by atoms with van der Waals surface area (Å²) < 4.78 is 10.3. The maximum absolute atomic E-state index is 8.64. The van der Waals surface area contributed by atoms with Crippen LogP contribution in [0.2, 0.25) is 0 Å². The predicted molar refractivity (Wildman–Crippen MR) is 57.5 cm³/mol. The molecule has 0 bridgehead atoms. The Kier molecular flexibility index (Phi) is 10.9. The lowest BCUT2D eigenvalue weighted by Crippen LogP contribution is -2.10. The van der Waals surface area contributed by atoms with E-state index in [0.29, 0.717) is 12.7 Å². The number of methoxy groups -OCH3 is 2.